The largest absolute Gasteiger partial charge is 0.330 e. The fourth-order valence-corrected chi connectivity index (χ4v) is 3.87. The highest BCUT2D eigenvalue weighted by molar-refractivity contribution is 4.93. The molecule has 2 rings (SSSR count). The normalized spacial score (nSPS) is 40.1. The average molecular weight is 239 g/mol. The number of hydrogen-bond donors (Lipinski definition) is 1. The predicted octanol–water partition coefficient (Wildman–Crippen LogP) is 1.39. The fourth-order valence-electron chi connectivity index (χ4n) is 3.87. The Morgan fingerprint density at radius 3 is 2.47 bits per heavy atom. The van der Waals surface area contributed by atoms with E-state index in [1.54, 1.807) is 0 Å². The summed E-state index contributed by atoms with van der Waals surface area (Å²) in [6.07, 6.45) is 5.50. The zero-order valence-corrected chi connectivity index (χ0v) is 11.7. The van der Waals surface area contributed by atoms with E-state index in [-0.39, 0.29) is 0 Å². The van der Waals surface area contributed by atoms with E-state index in [1.165, 1.54) is 38.8 Å². The smallest absolute Gasteiger partial charge is 0.0254 e. The molecule has 0 aromatic rings. The number of nitrogens with zero attached hydrogens (tertiary/aromatic N) is 2. The summed E-state index contributed by atoms with van der Waals surface area (Å²) in [5.41, 5.74) is 5.95. The van der Waals surface area contributed by atoms with E-state index >= 15 is 0 Å². The zero-order valence-electron chi connectivity index (χ0n) is 11.7. The van der Waals surface area contributed by atoms with Crippen LogP contribution in [0.5, 0.6) is 0 Å². The highest BCUT2D eigenvalue weighted by atomic mass is 15.3. The van der Waals surface area contributed by atoms with Crippen LogP contribution in [-0.2, 0) is 0 Å². The first-order valence-electron chi connectivity index (χ1n) is 7.24. The van der Waals surface area contributed by atoms with Crippen molar-refractivity contribution in [3.05, 3.63) is 0 Å². The van der Waals surface area contributed by atoms with Crippen LogP contribution in [0.1, 0.15) is 32.6 Å². The lowest BCUT2D eigenvalue weighted by Gasteiger charge is -2.37. The molecule has 100 valence electrons. The van der Waals surface area contributed by atoms with Crippen LogP contribution < -0.4 is 5.73 Å². The van der Waals surface area contributed by atoms with Crippen molar-refractivity contribution >= 4 is 0 Å². The zero-order chi connectivity index (χ0) is 12.4. The van der Waals surface area contributed by atoms with E-state index in [0.29, 0.717) is 0 Å². The Balaban J connectivity index is 1.98. The summed E-state index contributed by atoms with van der Waals surface area (Å²) in [7, 11) is 4.43. The molecule has 1 aliphatic carbocycles. The number of hydrogen-bond acceptors (Lipinski definition) is 3. The standard InChI is InChI=1S/C14H29N3/c1-11-9-17(10-14(11)16(2)3)13-7-5-4-6-12(13)8-15/h11-14H,4-10,15H2,1-3H3. The monoisotopic (exact) mass is 239 g/mol. The Hall–Kier alpha value is -0.120. The molecule has 17 heavy (non-hydrogen) atoms. The Labute approximate surface area is 106 Å². The van der Waals surface area contributed by atoms with Gasteiger partial charge in [0.2, 0.25) is 0 Å². The molecule has 2 aliphatic rings. The van der Waals surface area contributed by atoms with E-state index in [9.17, 15) is 0 Å². The van der Waals surface area contributed by atoms with Crippen molar-refractivity contribution in [3.63, 3.8) is 0 Å². The van der Waals surface area contributed by atoms with E-state index in [4.69, 9.17) is 5.73 Å². The average Bonchev–Trinajstić information content (AvgIpc) is 2.71. The van der Waals surface area contributed by atoms with Gasteiger partial charge >= 0.3 is 0 Å². The molecular weight excluding hydrogens is 210 g/mol. The first kappa shape index (κ1) is 13.3. The molecule has 0 amide bonds. The van der Waals surface area contributed by atoms with Gasteiger partial charge in [-0.2, -0.15) is 0 Å². The van der Waals surface area contributed by atoms with Crippen LogP contribution in [0.4, 0.5) is 0 Å². The van der Waals surface area contributed by atoms with Gasteiger partial charge in [-0.3, -0.25) is 4.90 Å². The third-order valence-corrected chi connectivity index (χ3v) is 4.90. The SMILES string of the molecule is CC1CN(C2CCCCC2CN)CC1N(C)C. The summed E-state index contributed by atoms with van der Waals surface area (Å²) >= 11 is 0. The van der Waals surface area contributed by atoms with Crippen LogP contribution in [0.25, 0.3) is 0 Å². The van der Waals surface area contributed by atoms with Crippen LogP contribution in [0, 0.1) is 11.8 Å². The maximum atomic E-state index is 5.95. The fraction of sp³-hybridized carbons (Fsp3) is 1.00. The number of likely N-dealkylation sites (tertiary alicyclic amines) is 1. The highest BCUT2D eigenvalue weighted by Crippen LogP contribution is 2.32. The van der Waals surface area contributed by atoms with Gasteiger partial charge in [-0.1, -0.05) is 19.8 Å². The number of likely N-dealkylation sites (N-methyl/N-ethyl adjacent to an activating group) is 1. The molecule has 0 bridgehead atoms. The molecule has 4 unspecified atom stereocenters. The molecular formula is C14H29N3. The molecule has 1 saturated carbocycles. The Morgan fingerprint density at radius 1 is 1.18 bits per heavy atom. The Kier molecular flexibility index (Phi) is 4.45. The van der Waals surface area contributed by atoms with Crippen LogP contribution in [-0.4, -0.2) is 55.6 Å². The maximum absolute atomic E-state index is 5.95. The summed E-state index contributed by atoms with van der Waals surface area (Å²) in [6.45, 7) is 5.78. The van der Waals surface area contributed by atoms with Crippen molar-refractivity contribution < 1.29 is 0 Å². The summed E-state index contributed by atoms with van der Waals surface area (Å²) in [5, 5.41) is 0. The molecule has 1 saturated heterocycles. The minimum atomic E-state index is 0.732. The van der Waals surface area contributed by atoms with E-state index < -0.39 is 0 Å². The molecule has 1 aliphatic heterocycles. The molecule has 0 spiro atoms. The van der Waals surface area contributed by atoms with Crippen LogP contribution in [0.15, 0.2) is 0 Å². The topological polar surface area (TPSA) is 32.5 Å². The summed E-state index contributed by atoms with van der Waals surface area (Å²) in [5.74, 6) is 1.54. The van der Waals surface area contributed by atoms with E-state index in [0.717, 1.165) is 30.5 Å². The van der Waals surface area contributed by atoms with Gasteiger partial charge in [-0.05, 0) is 45.3 Å². The van der Waals surface area contributed by atoms with Crippen molar-refractivity contribution in [3.8, 4) is 0 Å². The molecule has 0 radical (unpaired) electrons. The molecule has 0 aromatic heterocycles. The second kappa shape index (κ2) is 5.68. The van der Waals surface area contributed by atoms with Crippen molar-refractivity contribution in [2.45, 2.75) is 44.7 Å². The van der Waals surface area contributed by atoms with Crippen molar-refractivity contribution in [2.75, 3.05) is 33.7 Å². The van der Waals surface area contributed by atoms with Gasteiger partial charge in [0.15, 0.2) is 0 Å². The van der Waals surface area contributed by atoms with Gasteiger partial charge in [0.1, 0.15) is 0 Å². The molecule has 0 aromatic carbocycles. The van der Waals surface area contributed by atoms with Crippen LogP contribution in [0.3, 0.4) is 0 Å². The lowest BCUT2D eigenvalue weighted by atomic mass is 9.83. The molecule has 2 fully saturated rings. The van der Waals surface area contributed by atoms with E-state index in [2.05, 4.69) is 30.8 Å². The molecule has 4 atom stereocenters. The van der Waals surface area contributed by atoms with E-state index in [1.807, 2.05) is 0 Å². The molecule has 3 nitrogen and oxygen atoms in total. The Bertz CT molecular complexity index is 242. The van der Waals surface area contributed by atoms with Crippen LogP contribution >= 0.6 is 0 Å². The van der Waals surface area contributed by atoms with Crippen molar-refractivity contribution in [1.82, 2.24) is 9.80 Å². The first-order valence-corrected chi connectivity index (χ1v) is 7.24. The molecule has 2 N–H and O–H groups in total. The van der Waals surface area contributed by atoms with Gasteiger partial charge in [0.05, 0.1) is 0 Å². The summed E-state index contributed by atoms with van der Waals surface area (Å²) in [6, 6.07) is 1.50. The van der Waals surface area contributed by atoms with Crippen molar-refractivity contribution in [2.24, 2.45) is 17.6 Å². The highest BCUT2D eigenvalue weighted by Gasteiger charge is 2.37. The van der Waals surface area contributed by atoms with Gasteiger partial charge in [0, 0.05) is 25.2 Å². The summed E-state index contributed by atoms with van der Waals surface area (Å²) in [4.78, 5) is 5.12. The number of rotatable bonds is 3. The third kappa shape index (κ3) is 2.83. The second-order valence-corrected chi connectivity index (χ2v) is 6.31. The lowest BCUT2D eigenvalue weighted by molar-refractivity contribution is 0.123. The second-order valence-electron chi connectivity index (χ2n) is 6.31. The third-order valence-electron chi connectivity index (χ3n) is 4.90. The first-order chi connectivity index (χ1) is 8.13. The van der Waals surface area contributed by atoms with Gasteiger partial charge in [-0.25, -0.2) is 0 Å². The predicted molar refractivity (Wildman–Crippen MR) is 73.0 cm³/mol. The quantitative estimate of drug-likeness (QED) is 0.808. The molecule has 1 heterocycles. The minimum absolute atomic E-state index is 0.732. The minimum Gasteiger partial charge on any atom is -0.330 e. The van der Waals surface area contributed by atoms with Crippen molar-refractivity contribution in [1.29, 1.82) is 0 Å². The Morgan fingerprint density at radius 2 is 1.88 bits per heavy atom. The number of nitrogens with two attached hydrogens (primary N) is 1. The lowest BCUT2D eigenvalue weighted by Crippen LogP contribution is -2.45. The summed E-state index contributed by atoms with van der Waals surface area (Å²) < 4.78 is 0. The molecule has 3 heteroatoms. The van der Waals surface area contributed by atoms with Gasteiger partial charge < -0.3 is 10.6 Å². The van der Waals surface area contributed by atoms with Crippen LogP contribution in [0.2, 0.25) is 0 Å². The maximum Gasteiger partial charge on any atom is 0.0254 e. The van der Waals surface area contributed by atoms with Gasteiger partial charge in [0.25, 0.3) is 0 Å². The van der Waals surface area contributed by atoms with Gasteiger partial charge in [-0.15, -0.1) is 0 Å².